The van der Waals surface area contributed by atoms with E-state index in [9.17, 15) is 4.79 Å². The SMILES string of the molecule is O=C(c1cc(NCc2cccnc2)ncn1)N1CCN(c2ccccn2)CC1. The maximum absolute atomic E-state index is 12.8. The van der Waals surface area contributed by atoms with Gasteiger partial charge in [0.25, 0.3) is 5.91 Å². The molecule has 1 aliphatic heterocycles. The van der Waals surface area contributed by atoms with Gasteiger partial charge < -0.3 is 15.1 Å². The van der Waals surface area contributed by atoms with Gasteiger partial charge >= 0.3 is 0 Å². The number of nitrogens with zero attached hydrogens (tertiary/aromatic N) is 6. The van der Waals surface area contributed by atoms with Crippen LogP contribution in [0.5, 0.6) is 0 Å². The van der Waals surface area contributed by atoms with Crippen molar-refractivity contribution >= 4 is 17.5 Å². The van der Waals surface area contributed by atoms with Gasteiger partial charge in [-0.2, -0.15) is 0 Å². The molecule has 142 valence electrons. The molecule has 0 spiro atoms. The molecule has 0 bridgehead atoms. The van der Waals surface area contributed by atoms with Gasteiger partial charge in [0.2, 0.25) is 0 Å². The van der Waals surface area contributed by atoms with Crippen LogP contribution in [0.4, 0.5) is 11.6 Å². The molecule has 0 atom stereocenters. The molecule has 0 saturated carbocycles. The third-order valence-electron chi connectivity index (χ3n) is 4.62. The predicted octanol–water partition coefficient (Wildman–Crippen LogP) is 1.84. The van der Waals surface area contributed by atoms with Crippen LogP contribution in [0.3, 0.4) is 0 Å². The molecule has 0 aliphatic carbocycles. The van der Waals surface area contributed by atoms with Gasteiger partial charge in [-0.3, -0.25) is 9.78 Å². The van der Waals surface area contributed by atoms with Gasteiger partial charge in [0.05, 0.1) is 0 Å². The summed E-state index contributed by atoms with van der Waals surface area (Å²) in [5.41, 5.74) is 1.44. The Morgan fingerprint density at radius 1 is 1.00 bits per heavy atom. The molecule has 0 unspecified atom stereocenters. The summed E-state index contributed by atoms with van der Waals surface area (Å²) in [6.07, 6.45) is 6.73. The van der Waals surface area contributed by atoms with Crippen LogP contribution in [0.1, 0.15) is 16.1 Å². The zero-order chi connectivity index (χ0) is 19.2. The highest BCUT2D eigenvalue weighted by Gasteiger charge is 2.23. The first-order valence-electron chi connectivity index (χ1n) is 9.20. The Hall–Kier alpha value is -3.55. The number of piperazine rings is 1. The van der Waals surface area contributed by atoms with Crippen molar-refractivity contribution in [1.82, 2.24) is 24.8 Å². The first-order chi connectivity index (χ1) is 13.8. The summed E-state index contributed by atoms with van der Waals surface area (Å²) in [4.78, 5) is 33.7. The lowest BCUT2D eigenvalue weighted by molar-refractivity contribution is 0.0740. The fourth-order valence-corrected chi connectivity index (χ4v) is 3.11. The minimum atomic E-state index is -0.0764. The fraction of sp³-hybridized carbons (Fsp3) is 0.250. The van der Waals surface area contributed by atoms with Crippen molar-refractivity contribution in [2.45, 2.75) is 6.54 Å². The number of carbonyl (C=O) groups excluding carboxylic acids is 1. The highest BCUT2D eigenvalue weighted by Crippen LogP contribution is 2.15. The molecule has 3 aromatic heterocycles. The molecular weight excluding hydrogens is 354 g/mol. The van der Waals surface area contributed by atoms with E-state index < -0.39 is 0 Å². The van der Waals surface area contributed by atoms with E-state index in [4.69, 9.17) is 0 Å². The molecule has 1 saturated heterocycles. The summed E-state index contributed by atoms with van der Waals surface area (Å²) < 4.78 is 0. The van der Waals surface area contributed by atoms with Crippen molar-refractivity contribution in [3.05, 3.63) is 72.6 Å². The highest BCUT2D eigenvalue weighted by atomic mass is 16.2. The lowest BCUT2D eigenvalue weighted by Crippen LogP contribution is -2.49. The lowest BCUT2D eigenvalue weighted by Gasteiger charge is -2.35. The molecule has 4 heterocycles. The summed E-state index contributed by atoms with van der Waals surface area (Å²) in [5, 5.41) is 3.21. The van der Waals surface area contributed by atoms with Crippen molar-refractivity contribution in [2.75, 3.05) is 36.4 Å². The quantitative estimate of drug-likeness (QED) is 0.728. The van der Waals surface area contributed by atoms with Crippen molar-refractivity contribution < 1.29 is 4.79 Å². The first-order valence-corrected chi connectivity index (χ1v) is 9.20. The third kappa shape index (κ3) is 4.22. The minimum absolute atomic E-state index is 0.0764. The molecule has 0 aromatic carbocycles. The zero-order valence-electron chi connectivity index (χ0n) is 15.4. The van der Waals surface area contributed by atoms with E-state index in [2.05, 4.69) is 30.2 Å². The van der Waals surface area contributed by atoms with Crippen LogP contribution in [0, 0.1) is 0 Å². The molecule has 8 nitrogen and oxygen atoms in total. The van der Waals surface area contributed by atoms with Gasteiger partial charge in [0, 0.05) is 57.4 Å². The first kappa shape index (κ1) is 17.8. The van der Waals surface area contributed by atoms with Crippen molar-refractivity contribution in [2.24, 2.45) is 0 Å². The lowest BCUT2D eigenvalue weighted by atomic mass is 10.2. The van der Waals surface area contributed by atoms with Crippen molar-refractivity contribution in [1.29, 1.82) is 0 Å². The van der Waals surface area contributed by atoms with Crippen molar-refractivity contribution in [3.8, 4) is 0 Å². The average Bonchev–Trinajstić information content (AvgIpc) is 2.79. The number of amides is 1. The van der Waals surface area contributed by atoms with Gasteiger partial charge in [-0.25, -0.2) is 15.0 Å². The second kappa shape index (κ2) is 8.43. The second-order valence-corrected chi connectivity index (χ2v) is 6.47. The average molecular weight is 375 g/mol. The number of anilines is 2. The molecule has 0 radical (unpaired) electrons. The molecule has 4 rings (SSSR count). The standard InChI is InChI=1S/C20H21N7O/c28-20(27-10-8-26(9-11-27)19-5-1-2-7-22-19)17-12-18(25-15-24-17)23-14-16-4-3-6-21-13-16/h1-7,12-13,15H,8-11,14H2,(H,23,24,25). The van der Waals surface area contributed by atoms with E-state index in [0.29, 0.717) is 31.1 Å². The molecular formula is C20H21N7O. The number of carbonyl (C=O) groups is 1. The van der Waals surface area contributed by atoms with Gasteiger partial charge in [-0.05, 0) is 23.8 Å². The summed E-state index contributed by atoms with van der Waals surface area (Å²) in [6, 6.07) is 11.4. The van der Waals surface area contributed by atoms with E-state index >= 15 is 0 Å². The van der Waals surface area contributed by atoms with Crippen LogP contribution in [0.2, 0.25) is 0 Å². The maximum Gasteiger partial charge on any atom is 0.272 e. The Morgan fingerprint density at radius 2 is 1.89 bits per heavy atom. The van der Waals surface area contributed by atoms with Crippen LogP contribution >= 0.6 is 0 Å². The number of pyridine rings is 2. The van der Waals surface area contributed by atoms with Gasteiger partial charge in [0.1, 0.15) is 23.7 Å². The molecule has 1 aliphatic rings. The largest absolute Gasteiger partial charge is 0.366 e. The Bertz CT molecular complexity index is 912. The molecule has 1 N–H and O–H groups in total. The number of nitrogens with one attached hydrogen (secondary N) is 1. The summed E-state index contributed by atoms with van der Waals surface area (Å²) >= 11 is 0. The topological polar surface area (TPSA) is 87.1 Å². The fourth-order valence-electron chi connectivity index (χ4n) is 3.11. The Morgan fingerprint density at radius 3 is 2.64 bits per heavy atom. The summed E-state index contributed by atoms with van der Waals surface area (Å²) in [7, 11) is 0. The van der Waals surface area contributed by atoms with Crippen LogP contribution in [0.15, 0.2) is 61.3 Å². The summed E-state index contributed by atoms with van der Waals surface area (Å²) in [6.45, 7) is 3.36. The van der Waals surface area contributed by atoms with Gasteiger partial charge in [0.15, 0.2) is 0 Å². The van der Waals surface area contributed by atoms with Crippen LogP contribution in [-0.4, -0.2) is 56.9 Å². The smallest absolute Gasteiger partial charge is 0.272 e. The van der Waals surface area contributed by atoms with Gasteiger partial charge in [-0.15, -0.1) is 0 Å². The Labute approximate surface area is 163 Å². The van der Waals surface area contributed by atoms with E-state index in [0.717, 1.165) is 24.5 Å². The molecule has 3 aromatic rings. The maximum atomic E-state index is 12.8. The number of aromatic nitrogens is 4. The molecule has 1 fully saturated rings. The zero-order valence-corrected chi connectivity index (χ0v) is 15.4. The number of hydrogen-bond donors (Lipinski definition) is 1. The van der Waals surface area contributed by atoms with E-state index in [-0.39, 0.29) is 5.91 Å². The summed E-state index contributed by atoms with van der Waals surface area (Å²) in [5.74, 6) is 1.49. The van der Waals surface area contributed by atoms with E-state index in [1.807, 2.05) is 35.2 Å². The Balaban J connectivity index is 1.36. The highest BCUT2D eigenvalue weighted by molar-refractivity contribution is 5.93. The normalized spacial score (nSPS) is 14.0. The number of hydrogen-bond acceptors (Lipinski definition) is 7. The minimum Gasteiger partial charge on any atom is -0.366 e. The van der Waals surface area contributed by atoms with Gasteiger partial charge in [-0.1, -0.05) is 12.1 Å². The predicted molar refractivity (Wildman–Crippen MR) is 106 cm³/mol. The van der Waals surface area contributed by atoms with Crippen molar-refractivity contribution in [3.63, 3.8) is 0 Å². The number of rotatable bonds is 5. The third-order valence-corrected chi connectivity index (χ3v) is 4.62. The monoisotopic (exact) mass is 375 g/mol. The Kier molecular flexibility index (Phi) is 5.37. The molecule has 8 heteroatoms. The second-order valence-electron chi connectivity index (χ2n) is 6.47. The van der Waals surface area contributed by atoms with Crippen LogP contribution in [0.25, 0.3) is 0 Å². The van der Waals surface area contributed by atoms with E-state index in [1.54, 1.807) is 24.7 Å². The van der Waals surface area contributed by atoms with Crippen LogP contribution in [-0.2, 0) is 6.54 Å². The van der Waals surface area contributed by atoms with E-state index in [1.165, 1.54) is 6.33 Å². The molecule has 1 amide bonds. The van der Waals surface area contributed by atoms with Crippen LogP contribution < -0.4 is 10.2 Å². The molecule has 28 heavy (non-hydrogen) atoms.